The van der Waals surface area contributed by atoms with Gasteiger partial charge in [-0.1, -0.05) is 42.5 Å². The summed E-state index contributed by atoms with van der Waals surface area (Å²) in [5.74, 6) is -3.01. The molecule has 136 valence electrons. The summed E-state index contributed by atoms with van der Waals surface area (Å²) in [6.45, 7) is 0.855. The quantitative estimate of drug-likeness (QED) is 0.680. The maximum Gasteiger partial charge on any atom is 0.414 e. The highest BCUT2D eigenvalue weighted by Crippen LogP contribution is 2.26. The van der Waals surface area contributed by atoms with Crippen molar-refractivity contribution in [2.24, 2.45) is 0 Å². The number of carboxylic acid groups (broad SMARTS) is 2. The Morgan fingerprint density at radius 3 is 2.19 bits per heavy atom. The van der Waals surface area contributed by atoms with Crippen LogP contribution in [0.25, 0.3) is 0 Å². The SMILES string of the molecule is CNCC[C@@H](Oc1ccccc1C#N)c1ccccc1.O=C(O)C(=O)O. The molecule has 0 unspecified atom stereocenters. The Morgan fingerprint density at radius 1 is 1.08 bits per heavy atom. The third kappa shape index (κ3) is 7.03. The molecule has 2 aromatic rings. The summed E-state index contributed by atoms with van der Waals surface area (Å²) in [6.07, 6.45) is 0.790. The van der Waals surface area contributed by atoms with Crippen molar-refractivity contribution in [2.45, 2.75) is 12.5 Å². The largest absolute Gasteiger partial charge is 0.484 e. The number of carbonyl (C=O) groups is 2. The lowest BCUT2D eigenvalue weighted by Gasteiger charge is -2.20. The molecule has 0 aliphatic carbocycles. The molecule has 0 fully saturated rings. The topological polar surface area (TPSA) is 120 Å². The molecular formula is C19H20N2O5. The van der Waals surface area contributed by atoms with Crippen molar-refractivity contribution in [3.05, 3.63) is 65.7 Å². The lowest BCUT2D eigenvalue weighted by molar-refractivity contribution is -0.159. The maximum atomic E-state index is 9.14. The summed E-state index contributed by atoms with van der Waals surface area (Å²) in [7, 11) is 1.92. The number of aliphatic carboxylic acids is 2. The molecule has 2 aromatic carbocycles. The minimum Gasteiger partial charge on any atom is -0.484 e. The van der Waals surface area contributed by atoms with Crippen molar-refractivity contribution in [1.82, 2.24) is 5.32 Å². The number of carboxylic acids is 2. The van der Waals surface area contributed by atoms with Crippen molar-refractivity contribution in [1.29, 1.82) is 5.26 Å². The highest BCUT2D eigenvalue weighted by Gasteiger charge is 2.14. The van der Waals surface area contributed by atoms with Crippen LogP contribution in [0, 0.1) is 11.3 Å². The molecule has 0 aliphatic heterocycles. The van der Waals surface area contributed by atoms with Gasteiger partial charge in [-0.15, -0.1) is 0 Å². The van der Waals surface area contributed by atoms with Crippen LogP contribution in [-0.4, -0.2) is 35.7 Å². The van der Waals surface area contributed by atoms with Crippen LogP contribution in [0.3, 0.4) is 0 Å². The fourth-order valence-corrected chi connectivity index (χ4v) is 2.05. The van der Waals surface area contributed by atoms with Gasteiger partial charge in [0, 0.05) is 6.42 Å². The van der Waals surface area contributed by atoms with Gasteiger partial charge in [-0.05, 0) is 31.3 Å². The van der Waals surface area contributed by atoms with E-state index in [1.165, 1.54) is 0 Å². The summed E-state index contributed by atoms with van der Waals surface area (Å²) in [5.41, 5.74) is 1.69. The first-order chi connectivity index (χ1) is 12.5. The molecule has 0 saturated carbocycles. The normalized spacial score (nSPS) is 10.6. The zero-order valence-electron chi connectivity index (χ0n) is 14.3. The van der Waals surface area contributed by atoms with Crippen LogP contribution < -0.4 is 10.1 Å². The first-order valence-corrected chi connectivity index (χ1v) is 7.81. The fraction of sp³-hybridized carbons (Fsp3) is 0.211. The molecule has 0 aromatic heterocycles. The van der Waals surface area contributed by atoms with Gasteiger partial charge >= 0.3 is 11.9 Å². The van der Waals surface area contributed by atoms with Gasteiger partial charge in [0.25, 0.3) is 0 Å². The Balaban J connectivity index is 0.000000487. The zero-order valence-corrected chi connectivity index (χ0v) is 14.3. The zero-order chi connectivity index (χ0) is 19.4. The number of ether oxygens (including phenoxy) is 1. The second-order valence-electron chi connectivity index (χ2n) is 5.13. The van der Waals surface area contributed by atoms with Gasteiger partial charge in [0.2, 0.25) is 0 Å². The predicted octanol–water partition coefficient (Wildman–Crippen LogP) is 2.44. The van der Waals surface area contributed by atoms with Gasteiger partial charge in [-0.25, -0.2) is 9.59 Å². The average Bonchev–Trinajstić information content (AvgIpc) is 2.66. The van der Waals surface area contributed by atoms with E-state index in [0.717, 1.165) is 18.5 Å². The number of nitrogens with zero attached hydrogens (tertiary/aromatic N) is 1. The molecule has 0 bridgehead atoms. The van der Waals surface area contributed by atoms with Crippen molar-refractivity contribution in [2.75, 3.05) is 13.6 Å². The highest BCUT2D eigenvalue weighted by atomic mass is 16.5. The minimum absolute atomic E-state index is 0.0573. The molecule has 0 heterocycles. The van der Waals surface area contributed by atoms with Crippen molar-refractivity contribution < 1.29 is 24.5 Å². The van der Waals surface area contributed by atoms with Gasteiger partial charge in [0.15, 0.2) is 0 Å². The molecule has 26 heavy (non-hydrogen) atoms. The summed E-state index contributed by atoms with van der Waals surface area (Å²) >= 11 is 0. The Kier molecular flexibility index (Phi) is 8.93. The molecular weight excluding hydrogens is 336 g/mol. The predicted molar refractivity (Wildman–Crippen MR) is 94.8 cm³/mol. The van der Waals surface area contributed by atoms with E-state index in [-0.39, 0.29) is 6.10 Å². The highest BCUT2D eigenvalue weighted by molar-refractivity contribution is 6.27. The molecule has 0 aliphatic rings. The number of hydrogen-bond acceptors (Lipinski definition) is 5. The molecule has 0 saturated heterocycles. The monoisotopic (exact) mass is 356 g/mol. The van der Waals surface area contributed by atoms with E-state index in [4.69, 9.17) is 29.8 Å². The van der Waals surface area contributed by atoms with E-state index < -0.39 is 11.9 Å². The van der Waals surface area contributed by atoms with Gasteiger partial charge in [0.1, 0.15) is 17.9 Å². The number of nitrogens with one attached hydrogen (secondary N) is 1. The Bertz CT molecular complexity index is 744. The number of rotatable bonds is 6. The lowest BCUT2D eigenvalue weighted by atomic mass is 10.1. The van der Waals surface area contributed by atoms with Crippen molar-refractivity contribution >= 4 is 11.9 Å². The van der Waals surface area contributed by atoms with Gasteiger partial charge in [-0.2, -0.15) is 5.26 Å². The smallest absolute Gasteiger partial charge is 0.414 e. The maximum absolute atomic E-state index is 9.14. The van der Waals surface area contributed by atoms with Crippen molar-refractivity contribution in [3.63, 3.8) is 0 Å². The summed E-state index contributed by atoms with van der Waals surface area (Å²) in [5, 5.41) is 27.1. The second kappa shape index (κ2) is 11.2. The minimum atomic E-state index is -1.82. The summed E-state index contributed by atoms with van der Waals surface area (Å²) in [4.78, 5) is 18.2. The third-order valence-electron chi connectivity index (χ3n) is 3.29. The van der Waals surface area contributed by atoms with E-state index >= 15 is 0 Å². The van der Waals surface area contributed by atoms with Crippen LogP contribution in [0.5, 0.6) is 5.75 Å². The van der Waals surface area contributed by atoms with Crippen LogP contribution in [0.1, 0.15) is 23.7 Å². The third-order valence-corrected chi connectivity index (χ3v) is 3.29. The fourth-order valence-electron chi connectivity index (χ4n) is 2.05. The average molecular weight is 356 g/mol. The molecule has 3 N–H and O–H groups in total. The van der Waals surface area contributed by atoms with E-state index in [9.17, 15) is 0 Å². The molecule has 7 nitrogen and oxygen atoms in total. The first-order valence-electron chi connectivity index (χ1n) is 7.81. The number of benzene rings is 2. The van der Waals surface area contributed by atoms with E-state index in [1.807, 2.05) is 43.4 Å². The number of hydrogen-bond donors (Lipinski definition) is 3. The van der Waals surface area contributed by atoms with Crippen LogP contribution in [0.4, 0.5) is 0 Å². The van der Waals surface area contributed by atoms with Gasteiger partial charge in [-0.3, -0.25) is 0 Å². The van der Waals surface area contributed by atoms with Gasteiger partial charge < -0.3 is 20.3 Å². The molecule has 0 radical (unpaired) electrons. The Labute approximate surface area is 151 Å². The van der Waals surface area contributed by atoms with E-state index in [1.54, 1.807) is 6.07 Å². The Morgan fingerprint density at radius 2 is 1.65 bits per heavy atom. The first kappa shape index (κ1) is 20.7. The summed E-state index contributed by atoms with van der Waals surface area (Å²) < 4.78 is 6.06. The Hall–Kier alpha value is -3.37. The number of para-hydroxylation sites is 1. The van der Waals surface area contributed by atoms with Crippen LogP contribution in [-0.2, 0) is 9.59 Å². The van der Waals surface area contributed by atoms with E-state index in [0.29, 0.717) is 11.3 Å². The standard InChI is InChI=1S/C17H18N2O.C2H2O4/c1-19-12-11-17(14-7-3-2-4-8-14)20-16-10-6-5-9-15(16)13-18;3-1(4)2(5)6/h2-10,17,19H,11-12H2,1H3;(H,3,4)(H,5,6)/t17-;/m1./s1. The molecule has 0 spiro atoms. The molecule has 2 rings (SSSR count). The number of nitriles is 1. The second-order valence-corrected chi connectivity index (χ2v) is 5.13. The van der Waals surface area contributed by atoms with Crippen molar-refractivity contribution in [3.8, 4) is 11.8 Å². The molecule has 1 atom stereocenters. The summed E-state index contributed by atoms with van der Waals surface area (Å²) in [6, 6.07) is 19.6. The van der Waals surface area contributed by atoms with Gasteiger partial charge in [0.05, 0.1) is 5.56 Å². The molecule has 7 heteroatoms. The van der Waals surface area contributed by atoms with E-state index in [2.05, 4.69) is 23.5 Å². The lowest BCUT2D eigenvalue weighted by Crippen LogP contribution is -2.16. The molecule has 0 amide bonds. The van der Waals surface area contributed by atoms with Crippen LogP contribution >= 0.6 is 0 Å². The van der Waals surface area contributed by atoms with Crippen LogP contribution in [0.2, 0.25) is 0 Å². The van der Waals surface area contributed by atoms with Crippen LogP contribution in [0.15, 0.2) is 54.6 Å².